The lowest BCUT2D eigenvalue weighted by Gasteiger charge is -2.00. The monoisotopic (exact) mass is 418 g/mol. The molecule has 30 heavy (non-hydrogen) atoms. The molecule has 0 N–H and O–H groups in total. The molecular weight excluding hydrogens is 404 g/mol. The van der Waals surface area contributed by atoms with Crippen molar-refractivity contribution in [2.45, 2.75) is 13.5 Å². The summed E-state index contributed by atoms with van der Waals surface area (Å²) >= 11 is 6.25. The summed E-state index contributed by atoms with van der Waals surface area (Å²) in [5, 5.41) is 13.1. The SMILES string of the molecule is Cc1cccc(-c2noc(Cn3ncn4nc(-c5ccccc5Cl)cc4c3=O)n2)c1. The molecule has 8 nitrogen and oxygen atoms in total. The second-order valence-corrected chi connectivity index (χ2v) is 7.22. The minimum Gasteiger partial charge on any atom is -0.337 e. The van der Waals surface area contributed by atoms with Crippen molar-refractivity contribution in [1.82, 2.24) is 29.5 Å². The summed E-state index contributed by atoms with van der Waals surface area (Å²) in [5.41, 5.74) is 3.33. The van der Waals surface area contributed by atoms with E-state index < -0.39 is 0 Å². The zero-order chi connectivity index (χ0) is 20.7. The normalized spacial score (nSPS) is 11.3. The van der Waals surface area contributed by atoms with Gasteiger partial charge in [-0.2, -0.15) is 15.2 Å². The molecule has 0 fully saturated rings. The van der Waals surface area contributed by atoms with Gasteiger partial charge >= 0.3 is 0 Å². The highest BCUT2D eigenvalue weighted by atomic mass is 35.5. The van der Waals surface area contributed by atoms with E-state index in [2.05, 4.69) is 20.3 Å². The number of aromatic nitrogens is 6. The van der Waals surface area contributed by atoms with E-state index in [1.165, 1.54) is 15.5 Å². The van der Waals surface area contributed by atoms with Gasteiger partial charge in [-0.15, -0.1) is 0 Å². The van der Waals surface area contributed by atoms with E-state index in [4.69, 9.17) is 16.1 Å². The first-order valence-corrected chi connectivity index (χ1v) is 9.56. The van der Waals surface area contributed by atoms with Crippen LogP contribution in [0.15, 0.2) is 70.2 Å². The van der Waals surface area contributed by atoms with Crippen LogP contribution in [0.3, 0.4) is 0 Å². The zero-order valence-electron chi connectivity index (χ0n) is 15.9. The van der Waals surface area contributed by atoms with Gasteiger partial charge < -0.3 is 4.52 Å². The van der Waals surface area contributed by atoms with Crippen LogP contribution in [0, 0.1) is 6.92 Å². The predicted octanol–water partition coefficient (Wildman–Crippen LogP) is 3.62. The quantitative estimate of drug-likeness (QED) is 0.442. The number of rotatable bonds is 4. The van der Waals surface area contributed by atoms with Crippen LogP contribution in [0.5, 0.6) is 0 Å². The van der Waals surface area contributed by atoms with Gasteiger partial charge in [0.25, 0.3) is 5.56 Å². The molecule has 0 spiro atoms. The Labute approximate surface area is 175 Å². The molecule has 0 aliphatic heterocycles. The average molecular weight is 419 g/mol. The molecular formula is C21H15ClN6O2. The molecule has 0 aliphatic carbocycles. The predicted molar refractivity (Wildman–Crippen MR) is 111 cm³/mol. The fourth-order valence-corrected chi connectivity index (χ4v) is 3.43. The number of fused-ring (bicyclic) bond motifs is 1. The molecule has 148 valence electrons. The standard InChI is InChI=1S/C21H15ClN6O2/c1-13-5-4-6-14(9-13)20-24-19(30-26-20)11-27-21(29)18-10-17(25-28(18)12-23-27)15-7-2-3-8-16(15)22/h2-10,12H,11H2,1H3. The summed E-state index contributed by atoms with van der Waals surface area (Å²) in [6.45, 7) is 2.05. The molecule has 3 heterocycles. The van der Waals surface area contributed by atoms with Crippen LogP contribution < -0.4 is 5.56 Å². The third-order valence-corrected chi connectivity index (χ3v) is 5.00. The third-order valence-electron chi connectivity index (χ3n) is 4.67. The maximum atomic E-state index is 12.9. The van der Waals surface area contributed by atoms with Crippen molar-refractivity contribution in [2.75, 3.05) is 0 Å². The van der Waals surface area contributed by atoms with Gasteiger partial charge in [-0.1, -0.05) is 58.7 Å². The van der Waals surface area contributed by atoms with Gasteiger partial charge in [-0.05, 0) is 25.1 Å². The van der Waals surface area contributed by atoms with Crippen LogP contribution in [0.4, 0.5) is 0 Å². The molecule has 5 aromatic rings. The Morgan fingerprint density at radius 3 is 2.80 bits per heavy atom. The molecule has 0 amide bonds. The zero-order valence-corrected chi connectivity index (χ0v) is 16.6. The van der Waals surface area contributed by atoms with Gasteiger partial charge in [0.2, 0.25) is 11.7 Å². The van der Waals surface area contributed by atoms with E-state index in [1.54, 1.807) is 12.1 Å². The molecule has 0 bridgehead atoms. The number of hydrogen-bond donors (Lipinski definition) is 0. The molecule has 0 saturated heterocycles. The van der Waals surface area contributed by atoms with E-state index >= 15 is 0 Å². The minimum atomic E-state index is -0.321. The fourth-order valence-electron chi connectivity index (χ4n) is 3.20. The highest BCUT2D eigenvalue weighted by molar-refractivity contribution is 6.33. The average Bonchev–Trinajstić information content (AvgIpc) is 3.38. The maximum absolute atomic E-state index is 12.9. The van der Waals surface area contributed by atoms with Crippen molar-refractivity contribution in [3.63, 3.8) is 0 Å². The van der Waals surface area contributed by atoms with Gasteiger partial charge in [0, 0.05) is 11.1 Å². The summed E-state index contributed by atoms with van der Waals surface area (Å²) in [6, 6.07) is 16.8. The highest BCUT2D eigenvalue weighted by Gasteiger charge is 2.15. The number of hydrogen-bond acceptors (Lipinski definition) is 6. The van der Waals surface area contributed by atoms with Gasteiger partial charge in [0.05, 0.1) is 10.7 Å². The lowest BCUT2D eigenvalue weighted by molar-refractivity contribution is 0.362. The van der Waals surface area contributed by atoms with Crippen LogP contribution in [0.2, 0.25) is 5.02 Å². The molecule has 0 aliphatic rings. The molecule has 9 heteroatoms. The Kier molecular flexibility index (Phi) is 4.40. The number of aryl methyl sites for hydroxylation is 1. The molecule has 2 aromatic carbocycles. The Balaban J connectivity index is 1.48. The maximum Gasteiger partial charge on any atom is 0.293 e. The van der Waals surface area contributed by atoms with Crippen molar-refractivity contribution in [2.24, 2.45) is 0 Å². The van der Waals surface area contributed by atoms with Crippen LogP contribution in [0.1, 0.15) is 11.5 Å². The van der Waals surface area contributed by atoms with E-state index in [0.29, 0.717) is 22.1 Å². The van der Waals surface area contributed by atoms with Crippen LogP contribution >= 0.6 is 11.6 Å². The Morgan fingerprint density at radius 1 is 1.10 bits per heavy atom. The van der Waals surface area contributed by atoms with Crippen molar-refractivity contribution >= 4 is 17.1 Å². The lowest BCUT2D eigenvalue weighted by Crippen LogP contribution is -2.25. The van der Waals surface area contributed by atoms with Crippen LogP contribution in [-0.4, -0.2) is 29.5 Å². The van der Waals surface area contributed by atoms with Gasteiger partial charge in [-0.25, -0.2) is 9.20 Å². The molecule has 0 saturated carbocycles. The Morgan fingerprint density at radius 2 is 1.97 bits per heavy atom. The van der Waals surface area contributed by atoms with Crippen molar-refractivity contribution in [3.8, 4) is 22.6 Å². The summed E-state index contributed by atoms with van der Waals surface area (Å²) < 4.78 is 8.02. The lowest BCUT2D eigenvalue weighted by atomic mass is 10.1. The fraction of sp³-hybridized carbons (Fsp3) is 0.0952. The third kappa shape index (κ3) is 3.27. The van der Waals surface area contributed by atoms with Gasteiger partial charge in [-0.3, -0.25) is 4.79 Å². The molecule has 3 aromatic heterocycles. The van der Waals surface area contributed by atoms with Crippen molar-refractivity contribution in [1.29, 1.82) is 0 Å². The molecule has 5 rings (SSSR count). The topological polar surface area (TPSA) is 91.1 Å². The van der Waals surface area contributed by atoms with E-state index in [1.807, 2.05) is 49.4 Å². The second-order valence-electron chi connectivity index (χ2n) is 6.81. The first kappa shape index (κ1) is 18.3. The number of benzene rings is 2. The van der Waals surface area contributed by atoms with Gasteiger partial charge in [0.1, 0.15) is 18.4 Å². The minimum absolute atomic E-state index is 0.0563. The second kappa shape index (κ2) is 7.23. The number of halogens is 1. The summed E-state index contributed by atoms with van der Waals surface area (Å²) in [7, 11) is 0. The van der Waals surface area contributed by atoms with E-state index in [9.17, 15) is 4.79 Å². The van der Waals surface area contributed by atoms with E-state index in [-0.39, 0.29) is 18.0 Å². The summed E-state index contributed by atoms with van der Waals surface area (Å²) in [6.07, 6.45) is 1.47. The van der Waals surface area contributed by atoms with Crippen LogP contribution in [-0.2, 0) is 6.54 Å². The van der Waals surface area contributed by atoms with Gasteiger partial charge in [0.15, 0.2) is 0 Å². The van der Waals surface area contributed by atoms with Crippen LogP contribution in [0.25, 0.3) is 28.2 Å². The summed E-state index contributed by atoms with van der Waals surface area (Å²) in [5.74, 6) is 0.754. The largest absolute Gasteiger partial charge is 0.337 e. The molecule has 0 unspecified atom stereocenters. The highest BCUT2D eigenvalue weighted by Crippen LogP contribution is 2.26. The summed E-state index contributed by atoms with van der Waals surface area (Å²) in [4.78, 5) is 17.3. The molecule has 0 atom stereocenters. The molecule has 0 radical (unpaired) electrons. The van der Waals surface area contributed by atoms with E-state index in [0.717, 1.165) is 16.7 Å². The Hall–Kier alpha value is -3.78. The van der Waals surface area contributed by atoms with Crippen molar-refractivity contribution < 1.29 is 4.52 Å². The Bertz CT molecular complexity index is 1430. The first-order valence-electron chi connectivity index (χ1n) is 9.18. The first-order chi connectivity index (χ1) is 14.6. The van der Waals surface area contributed by atoms with Crippen molar-refractivity contribution in [3.05, 3.63) is 87.8 Å². The smallest absolute Gasteiger partial charge is 0.293 e. The number of nitrogens with zero attached hydrogens (tertiary/aromatic N) is 6.